The molecule has 0 saturated heterocycles. The number of sulfonamides is 1. The molecule has 0 radical (unpaired) electrons. The number of halogens is 2. The quantitative estimate of drug-likeness (QED) is 0.783. The van der Waals surface area contributed by atoms with E-state index in [-0.39, 0.29) is 15.5 Å². The molecule has 2 N–H and O–H groups in total. The summed E-state index contributed by atoms with van der Waals surface area (Å²) in [5.41, 5.74) is 0.129. The zero-order chi connectivity index (χ0) is 10.2. The summed E-state index contributed by atoms with van der Waals surface area (Å²) < 4.78 is 34.6. The van der Waals surface area contributed by atoms with Gasteiger partial charge in [-0.3, -0.25) is 0 Å². The molecule has 1 aromatic rings. The smallest absolute Gasteiger partial charge is 0.225 e. The summed E-state index contributed by atoms with van der Waals surface area (Å²) in [6, 6.07) is 2.06. The lowest BCUT2D eigenvalue weighted by Gasteiger charge is -2.05. The van der Waals surface area contributed by atoms with Gasteiger partial charge in [0.2, 0.25) is 10.0 Å². The molecule has 13 heavy (non-hydrogen) atoms. The van der Waals surface area contributed by atoms with E-state index in [1.807, 2.05) is 0 Å². The van der Waals surface area contributed by atoms with Gasteiger partial charge in [-0.1, -0.05) is 11.6 Å². The second-order valence-corrected chi connectivity index (χ2v) is 4.44. The zero-order valence-corrected chi connectivity index (χ0v) is 8.29. The number of hydrogen-bond acceptors (Lipinski definition) is 2. The summed E-state index contributed by atoms with van der Waals surface area (Å²) in [5, 5.41) is 4.65. The first-order valence-corrected chi connectivity index (χ1v) is 5.24. The first kappa shape index (κ1) is 10.4. The Bertz CT molecular complexity index is 444. The molecule has 0 heterocycles. The van der Waals surface area contributed by atoms with E-state index in [9.17, 15) is 12.8 Å². The Balaban J connectivity index is 3.53. The fourth-order valence-electron chi connectivity index (χ4n) is 0.943. The van der Waals surface area contributed by atoms with Crippen molar-refractivity contribution in [3.05, 3.63) is 28.5 Å². The van der Waals surface area contributed by atoms with Crippen LogP contribution in [0.15, 0.2) is 17.0 Å². The van der Waals surface area contributed by atoms with Crippen molar-refractivity contribution < 1.29 is 12.8 Å². The second-order valence-electron chi connectivity index (χ2n) is 2.53. The van der Waals surface area contributed by atoms with Crippen molar-refractivity contribution in [3.8, 4) is 0 Å². The van der Waals surface area contributed by atoms with Gasteiger partial charge >= 0.3 is 0 Å². The van der Waals surface area contributed by atoms with Crippen LogP contribution in [0.2, 0.25) is 5.02 Å². The van der Waals surface area contributed by atoms with E-state index in [1.54, 1.807) is 0 Å². The molecule has 0 aliphatic heterocycles. The van der Waals surface area contributed by atoms with Crippen molar-refractivity contribution in [2.24, 2.45) is 5.14 Å². The fraction of sp³-hybridized carbons (Fsp3) is 0.143. The van der Waals surface area contributed by atoms with Gasteiger partial charge < -0.3 is 0 Å². The van der Waals surface area contributed by atoms with E-state index < -0.39 is 15.8 Å². The molecule has 0 amide bonds. The maximum atomic E-state index is 12.8. The van der Waals surface area contributed by atoms with Crippen molar-refractivity contribution >= 4 is 21.6 Å². The van der Waals surface area contributed by atoms with Gasteiger partial charge in [0.1, 0.15) is 5.82 Å². The molecular formula is C7H7ClFNO2S. The molecule has 0 unspecified atom stereocenters. The standard InChI is InChI=1S/C7H7ClFNO2S/c1-4-6(13(10,11)12)3-2-5(9)7(4)8/h2-3H,1H3,(H2,10,11,12). The number of nitrogens with two attached hydrogens (primary N) is 1. The maximum absolute atomic E-state index is 12.8. The SMILES string of the molecule is Cc1c(S(N)(=O)=O)ccc(F)c1Cl. The van der Waals surface area contributed by atoms with Gasteiger partial charge in [0.25, 0.3) is 0 Å². The second kappa shape index (κ2) is 3.25. The van der Waals surface area contributed by atoms with Crippen molar-refractivity contribution in [1.29, 1.82) is 0 Å². The Hall–Kier alpha value is -0.650. The highest BCUT2D eigenvalue weighted by Crippen LogP contribution is 2.24. The molecule has 0 aromatic heterocycles. The molecular weight excluding hydrogens is 217 g/mol. The highest BCUT2D eigenvalue weighted by atomic mass is 35.5. The summed E-state index contributed by atoms with van der Waals surface area (Å²) in [4.78, 5) is -0.154. The number of primary sulfonamides is 1. The lowest BCUT2D eigenvalue weighted by atomic mass is 10.2. The third-order valence-electron chi connectivity index (χ3n) is 1.60. The summed E-state index contributed by atoms with van der Waals surface area (Å²) in [6.45, 7) is 1.39. The van der Waals surface area contributed by atoms with Crippen LogP contribution < -0.4 is 5.14 Å². The van der Waals surface area contributed by atoms with Crippen LogP contribution in [-0.2, 0) is 10.0 Å². The van der Waals surface area contributed by atoms with Crippen molar-refractivity contribution in [2.45, 2.75) is 11.8 Å². The van der Waals surface area contributed by atoms with E-state index in [0.717, 1.165) is 12.1 Å². The molecule has 0 spiro atoms. The highest BCUT2D eigenvalue weighted by Gasteiger charge is 2.15. The lowest BCUT2D eigenvalue weighted by molar-refractivity contribution is 0.595. The predicted molar refractivity (Wildman–Crippen MR) is 47.5 cm³/mol. The monoisotopic (exact) mass is 223 g/mol. The summed E-state index contributed by atoms with van der Waals surface area (Å²) in [5.74, 6) is -0.661. The van der Waals surface area contributed by atoms with Gasteiger partial charge in [-0.2, -0.15) is 0 Å². The average Bonchev–Trinajstić information content (AvgIpc) is 1.98. The van der Waals surface area contributed by atoms with E-state index in [4.69, 9.17) is 16.7 Å². The van der Waals surface area contributed by atoms with Crippen molar-refractivity contribution in [3.63, 3.8) is 0 Å². The Morgan fingerprint density at radius 1 is 1.46 bits per heavy atom. The minimum atomic E-state index is -3.82. The van der Waals surface area contributed by atoms with Crippen molar-refractivity contribution in [1.82, 2.24) is 0 Å². The molecule has 0 fully saturated rings. The largest absolute Gasteiger partial charge is 0.238 e. The molecule has 6 heteroatoms. The predicted octanol–water partition coefficient (Wildman–Crippen LogP) is 1.43. The minimum absolute atomic E-state index is 0.129. The van der Waals surface area contributed by atoms with E-state index >= 15 is 0 Å². The summed E-state index contributed by atoms with van der Waals surface area (Å²) >= 11 is 5.49. The third kappa shape index (κ3) is 1.99. The zero-order valence-electron chi connectivity index (χ0n) is 6.71. The molecule has 0 saturated carbocycles. The molecule has 0 aliphatic carbocycles. The van der Waals surface area contributed by atoms with Gasteiger partial charge in [-0.05, 0) is 24.6 Å². The molecule has 72 valence electrons. The average molecular weight is 224 g/mol. The van der Waals surface area contributed by atoms with E-state index in [0.29, 0.717) is 0 Å². The van der Waals surface area contributed by atoms with Crippen LogP contribution in [0.25, 0.3) is 0 Å². The maximum Gasteiger partial charge on any atom is 0.238 e. The van der Waals surface area contributed by atoms with Crippen LogP contribution >= 0.6 is 11.6 Å². The van der Waals surface area contributed by atoms with Gasteiger partial charge in [0, 0.05) is 0 Å². The number of benzene rings is 1. The van der Waals surface area contributed by atoms with Crippen LogP contribution in [0.5, 0.6) is 0 Å². The van der Waals surface area contributed by atoms with Crippen LogP contribution in [0.4, 0.5) is 4.39 Å². The van der Waals surface area contributed by atoms with Gasteiger partial charge in [0.05, 0.1) is 9.92 Å². The summed E-state index contributed by atoms with van der Waals surface area (Å²) in [7, 11) is -3.82. The topological polar surface area (TPSA) is 60.2 Å². The van der Waals surface area contributed by atoms with Crippen LogP contribution in [0.3, 0.4) is 0 Å². The van der Waals surface area contributed by atoms with Crippen LogP contribution in [0, 0.1) is 12.7 Å². The van der Waals surface area contributed by atoms with Gasteiger partial charge in [0.15, 0.2) is 0 Å². The van der Waals surface area contributed by atoms with E-state index in [2.05, 4.69) is 0 Å². The first-order valence-electron chi connectivity index (χ1n) is 3.31. The molecule has 0 aliphatic rings. The molecule has 1 aromatic carbocycles. The minimum Gasteiger partial charge on any atom is -0.225 e. The molecule has 0 bridgehead atoms. The first-order chi connectivity index (χ1) is 5.84. The van der Waals surface area contributed by atoms with Crippen molar-refractivity contribution in [2.75, 3.05) is 0 Å². The normalized spacial score (nSPS) is 11.7. The summed E-state index contributed by atoms with van der Waals surface area (Å²) in [6.07, 6.45) is 0. The Labute approximate surface area is 80.4 Å². The number of hydrogen-bond donors (Lipinski definition) is 1. The van der Waals surface area contributed by atoms with Crippen LogP contribution in [0.1, 0.15) is 5.56 Å². The van der Waals surface area contributed by atoms with Gasteiger partial charge in [-0.15, -0.1) is 0 Å². The third-order valence-corrected chi connectivity index (χ3v) is 3.12. The number of rotatable bonds is 1. The van der Waals surface area contributed by atoms with Crippen LogP contribution in [-0.4, -0.2) is 8.42 Å². The molecule has 1 rings (SSSR count). The molecule has 3 nitrogen and oxygen atoms in total. The molecule has 0 atom stereocenters. The van der Waals surface area contributed by atoms with E-state index in [1.165, 1.54) is 6.92 Å². The Morgan fingerprint density at radius 3 is 2.46 bits per heavy atom. The Kier molecular flexibility index (Phi) is 2.61. The lowest BCUT2D eigenvalue weighted by Crippen LogP contribution is -2.14. The highest BCUT2D eigenvalue weighted by molar-refractivity contribution is 7.89. The Morgan fingerprint density at radius 2 is 2.00 bits per heavy atom. The fourth-order valence-corrected chi connectivity index (χ4v) is 1.95. The van der Waals surface area contributed by atoms with Gasteiger partial charge in [-0.25, -0.2) is 17.9 Å².